The van der Waals surface area contributed by atoms with Crippen LogP contribution in [0.2, 0.25) is 0 Å². The Bertz CT molecular complexity index is 224. The molecular formula is C8H12N2S. The molecule has 0 aliphatic carbocycles. The monoisotopic (exact) mass is 168 g/mol. The number of hydrogen-bond donors (Lipinski definition) is 1. The van der Waals surface area contributed by atoms with Gasteiger partial charge < -0.3 is 4.98 Å². The number of nitrogens with zero attached hydrogens (tertiary/aromatic N) is 1. The Morgan fingerprint density at radius 3 is 3.18 bits per heavy atom. The van der Waals surface area contributed by atoms with Gasteiger partial charge in [-0.1, -0.05) is 0 Å². The molecule has 2 nitrogen and oxygen atoms in total. The maximum absolute atomic E-state index is 4.29. The summed E-state index contributed by atoms with van der Waals surface area (Å²) in [6.45, 7) is 2.28. The molecule has 11 heavy (non-hydrogen) atoms. The van der Waals surface area contributed by atoms with Crippen LogP contribution < -0.4 is 0 Å². The standard InChI is InChI=1S/C8H12N2S/c1-8(3-2-4-11-8)7-5-9-6-10-7/h5-6H,2-4H2,1H3,(H,9,10). The first-order valence-electron chi connectivity index (χ1n) is 3.94. The summed E-state index contributed by atoms with van der Waals surface area (Å²) in [6.07, 6.45) is 6.37. The van der Waals surface area contributed by atoms with Crippen molar-refractivity contribution in [1.82, 2.24) is 9.97 Å². The molecule has 2 heterocycles. The maximum Gasteiger partial charge on any atom is 0.0923 e. The van der Waals surface area contributed by atoms with E-state index in [0.29, 0.717) is 4.75 Å². The first kappa shape index (κ1) is 7.22. The van der Waals surface area contributed by atoms with Gasteiger partial charge >= 0.3 is 0 Å². The molecule has 1 aliphatic rings. The quantitative estimate of drug-likeness (QED) is 0.696. The van der Waals surface area contributed by atoms with Crippen molar-refractivity contribution >= 4 is 11.8 Å². The van der Waals surface area contributed by atoms with E-state index in [1.807, 2.05) is 18.0 Å². The van der Waals surface area contributed by atoms with Crippen LogP contribution in [0, 0.1) is 0 Å². The van der Waals surface area contributed by atoms with Crippen molar-refractivity contribution < 1.29 is 0 Å². The molecule has 1 fully saturated rings. The van der Waals surface area contributed by atoms with E-state index in [9.17, 15) is 0 Å². The average molecular weight is 168 g/mol. The zero-order valence-corrected chi connectivity index (χ0v) is 7.45. The van der Waals surface area contributed by atoms with Crippen LogP contribution in [0.1, 0.15) is 25.5 Å². The average Bonchev–Trinajstić information content (AvgIpc) is 2.55. The molecule has 0 spiro atoms. The highest BCUT2D eigenvalue weighted by atomic mass is 32.2. The van der Waals surface area contributed by atoms with Gasteiger partial charge in [-0.3, -0.25) is 0 Å². The molecule has 2 rings (SSSR count). The second-order valence-corrected chi connectivity index (χ2v) is 4.74. The number of hydrogen-bond acceptors (Lipinski definition) is 2. The molecule has 1 N–H and O–H groups in total. The molecule has 1 unspecified atom stereocenters. The molecule has 0 saturated carbocycles. The van der Waals surface area contributed by atoms with Gasteiger partial charge in [-0.05, 0) is 25.5 Å². The summed E-state index contributed by atoms with van der Waals surface area (Å²) in [5.41, 5.74) is 1.21. The number of rotatable bonds is 1. The lowest BCUT2D eigenvalue weighted by molar-refractivity contribution is 0.630. The van der Waals surface area contributed by atoms with Gasteiger partial charge in [0.1, 0.15) is 0 Å². The lowest BCUT2D eigenvalue weighted by Gasteiger charge is -2.19. The molecule has 3 heteroatoms. The second-order valence-electron chi connectivity index (χ2n) is 3.14. The van der Waals surface area contributed by atoms with E-state index in [-0.39, 0.29) is 0 Å². The molecular weight excluding hydrogens is 156 g/mol. The van der Waals surface area contributed by atoms with Crippen molar-refractivity contribution in [2.75, 3.05) is 5.75 Å². The second kappa shape index (κ2) is 2.55. The van der Waals surface area contributed by atoms with Crippen LogP contribution in [-0.4, -0.2) is 15.7 Å². The summed E-state index contributed by atoms with van der Waals surface area (Å²) in [6, 6.07) is 0. The molecule has 1 aliphatic heterocycles. The zero-order chi connectivity index (χ0) is 7.73. The van der Waals surface area contributed by atoms with Gasteiger partial charge in [0, 0.05) is 6.20 Å². The lowest BCUT2D eigenvalue weighted by Crippen LogP contribution is -2.12. The van der Waals surface area contributed by atoms with Crippen LogP contribution in [0.25, 0.3) is 0 Å². The predicted molar refractivity (Wildman–Crippen MR) is 47.6 cm³/mol. The minimum absolute atomic E-state index is 0.292. The first-order chi connectivity index (χ1) is 5.31. The van der Waals surface area contributed by atoms with Gasteiger partial charge in [0.15, 0.2) is 0 Å². The number of thioether (sulfide) groups is 1. The van der Waals surface area contributed by atoms with Crippen molar-refractivity contribution in [3.05, 3.63) is 18.2 Å². The van der Waals surface area contributed by atoms with Crippen molar-refractivity contribution in [1.29, 1.82) is 0 Å². The van der Waals surface area contributed by atoms with Crippen LogP contribution >= 0.6 is 11.8 Å². The van der Waals surface area contributed by atoms with E-state index in [1.54, 1.807) is 6.33 Å². The molecule has 1 saturated heterocycles. The van der Waals surface area contributed by atoms with Gasteiger partial charge in [-0.2, -0.15) is 0 Å². The minimum atomic E-state index is 0.292. The number of aromatic amines is 1. The highest BCUT2D eigenvalue weighted by Gasteiger charge is 2.32. The Balaban J connectivity index is 2.27. The normalized spacial score (nSPS) is 31.0. The van der Waals surface area contributed by atoms with Crippen molar-refractivity contribution in [3.63, 3.8) is 0 Å². The van der Waals surface area contributed by atoms with Crippen LogP contribution in [0.15, 0.2) is 12.5 Å². The number of H-pyrrole nitrogens is 1. The Labute approximate surface area is 70.8 Å². The van der Waals surface area contributed by atoms with E-state index < -0.39 is 0 Å². The zero-order valence-electron chi connectivity index (χ0n) is 6.63. The Morgan fingerprint density at radius 1 is 1.73 bits per heavy atom. The molecule has 1 atom stereocenters. The third-order valence-electron chi connectivity index (χ3n) is 2.26. The third-order valence-corrected chi connectivity index (χ3v) is 3.80. The SMILES string of the molecule is CC1(c2c[nH]cn2)CCCS1. The summed E-state index contributed by atoms with van der Waals surface area (Å²) >= 11 is 2.02. The lowest BCUT2D eigenvalue weighted by atomic mass is 10.0. The molecule has 60 valence electrons. The van der Waals surface area contributed by atoms with Crippen molar-refractivity contribution in [2.45, 2.75) is 24.5 Å². The summed E-state index contributed by atoms with van der Waals surface area (Å²) in [5, 5.41) is 0. The number of imidazole rings is 1. The Hall–Kier alpha value is -0.440. The van der Waals surface area contributed by atoms with Crippen LogP contribution in [0.4, 0.5) is 0 Å². The molecule has 0 radical (unpaired) electrons. The van der Waals surface area contributed by atoms with Gasteiger partial charge in [0.05, 0.1) is 16.8 Å². The van der Waals surface area contributed by atoms with Crippen molar-refractivity contribution in [2.24, 2.45) is 0 Å². The number of nitrogens with one attached hydrogen (secondary N) is 1. The predicted octanol–water partition coefficient (Wildman–Crippen LogP) is 2.15. The summed E-state index contributed by atoms with van der Waals surface area (Å²) < 4.78 is 0.292. The minimum Gasteiger partial charge on any atom is -0.351 e. The molecule has 0 aromatic carbocycles. The topological polar surface area (TPSA) is 28.7 Å². The van der Waals surface area contributed by atoms with Crippen LogP contribution in [0.3, 0.4) is 0 Å². The fraction of sp³-hybridized carbons (Fsp3) is 0.625. The smallest absolute Gasteiger partial charge is 0.0923 e. The van der Waals surface area contributed by atoms with Crippen LogP contribution in [-0.2, 0) is 4.75 Å². The Morgan fingerprint density at radius 2 is 2.64 bits per heavy atom. The highest BCUT2D eigenvalue weighted by Crippen LogP contribution is 2.44. The summed E-state index contributed by atoms with van der Waals surface area (Å²) in [4.78, 5) is 7.30. The van der Waals surface area contributed by atoms with Crippen LogP contribution in [0.5, 0.6) is 0 Å². The van der Waals surface area contributed by atoms with Gasteiger partial charge in [-0.15, -0.1) is 11.8 Å². The molecule has 1 aromatic heterocycles. The van der Waals surface area contributed by atoms with E-state index >= 15 is 0 Å². The number of aromatic nitrogens is 2. The maximum atomic E-state index is 4.29. The first-order valence-corrected chi connectivity index (χ1v) is 4.93. The molecule has 0 amide bonds. The Kier molecular flexibility index (Phi) is 1.68. The highest BCUT2D eigenvalue weighted by molar-refractivity contribution is 8.00. The van der Waals surface area contributed by atoms with E-state index in [2.05, 4.69) is 16.9 Å². The van der Waals surface area contributed by atoms with E-state index in [1.165, 1.54) is 24.3 Å². The van der Waals surface area contributed by atoms with Crippen molar-refractivity contribution in [3.8, 4) is 0 Å². The molecule has 1 aromatic rings. The van der Waals surface area contributed by atoms with Gasteiger partial charge in [0.25, 0.3) is 0 Å². The van der Waals surface area contributed by atoms with E-state index in [4.69, 9.17) is 0 Å². The van der Waals surface area contributed by atoms with E-state index in [0.717, 1.165) is 0 Å². The fourth-order valence-corrected chi connectivity index (χ4v) is 2.82. The summed E-state index contributed by atoms with van der Waals surface area (Å²) in [5.74, 6) is 1.28. The van der Waals surface area contributed by atoms with Gasteiger partial charge in [0.2, 0.25) is 0 Å². The van der Waals surface area contributed by atoms with Gasteiger partial charge in [-0.25, -0.2) is 4.98 Å². The molecule has 0 bridgehead atoms. The fourth-order valence-electron chi connectivity index (χ4n) is 1.53. The third kappa shape index (κ3) is 1.18. The largest absolute Gasteiger partial charge is 0.351 e. The summed E-state index contributed by atoms with van der Waals surface area (Å²) in [7, 11) is 0.